The van der Waals surface area contributed by atoms with Gasteiger partial charge in [0.05, 0.1) is 23.3 Å². The van der Waals surface area contributed by atoms with Gasteiger partial charge in [0, 0.05) is 5.56 Å². The highest BCUT2D eigenvalue weighted by Gasteiger charge is 2.30. The molecule has 0 saturated carbocycles. The first-order chi connectivity index (χ1) is 12.9. The Hall–Kier alpha value is -1.51. The van der Waals surface area contributed by atoms with E-state index in [0.29, 0.717) is 0 Å². The number of aryl methyl sites for hydroxylation is 1. The average molecular weight is 389 g/mol. The summed E-state index contributed by atoms with van der Waals surface area (Å²) in [6.07, 6.45) is 4.78. The van der Waals surface area contributed by atoms with Gasteiger partial charge < -0.3 is 4.74 Å². The second-order valence-electron chi connectivity index (χ2n) is 6.75. The van der Waals surface area contributed by atoms with E-state index in [1.165, 1.54) is 44.7 Å². The van der Waals surface area contributed by atoms with Crippen LogP contribution in [0.5, 0.6) is 0 Å². The predicted molar refractivity (Wildman–Crippen MR) is 105 cm³/mol. The average Bonchev–Trinajstić information content (AvgIpc) is 3.08. The molecule has 8 heteroatoms. The van der Waals surface area contributed by atoms with Crippen LogP contribution >= 0.6 is 23.1 Å². The quantitative estimate of drug-likeness (QED) is 0.643. The molecular formula is C18H22N5OS2+. The van der Waals surface area contributed by atoms with Gasteiger partial charge in [0.1, 0.15) is 23.6 Å². The molecule has 0 aromatic carbocycles. The zero-order valence-electron chi connectivity index (χ0n) is 14.9. The number of morpholine rings is 1. The number of fused-ring (bicyclic) bond motifs is 5. The van der Waals surface area contributed by atoms with Crippen LogP contribution in [0.1, 0.15) is 30.9 Å². The molecule has 2 aliphatic rings. The van der Waals surface area contributed by atoms with Crippen molar-refractivity contribution in [1.82, 2.24) is 15.4 Å². The molecule has 5 rings (SSSR count). The molecule has 1 fully saturated rings. The van der Waals surface area contributed by atoms with Gasteiger partial charge in [-0.3, -0.25) is 4.90 Å². The molecule has 0 radical (unpaired) electrons. The van der Waals surface area contributed by atoms with E-state index in [1.807, 2.05) is 0 Å². The van der Waals surface area contributed by atoms with Crippen LogP contribution in [0.15, 0.2) is 5.03 Å². The number of ether oxygens (including phenoxy) is 1. The van der Waals surface area contributed by atoms with Crippen LogP contribution in [0.2, 0.25) is 0 Å². The highest BCUT2D eigenvalue weighted by atomic mass is 32.2. The van der Waals surface area contributed by atoms with Crippen molar-refractivity contribution in [2.24, 2.45) is 0 Å². The number of thioether (sulfide) groups is 1. The number of aromatic amines is 1. The van der Waals surface area contributed by atoms with Crippen LogP contribution in [0.3, 0.4) is 0 Å². The molecule has 3 aromatic heterocycles. The highest BCUT2D eigenvalue weighted by molar-refractivity contribution is 7.99. The van der Waals surface area contributed by atoms with Gasteiger partial charge in [0.25, 0.3) is 5.82 Å². The minimum absolute atomic E-state index is 0.805. The monoisotopic (exact) mass is 388 g/mol. The molecule has 6 nitrogen and oxygen atoms in total. The fraction of sp³-hybridized carbons (Fsp3) is 0.556. The lowest BCUT2D eigenvalue weighted by atomic mass is 9.90. The minimum Gasteiger partial charge on any atom is -0.373 e. The Morgan fingerprint density at radius 3 is 2.77 bits per heavy atom. The van der Waals surface area contributed by atoms with E-state index in [0.717, 1.165) is 55.4 Å². The number of hydrogen-bond acceptors (Lipinski definition) is 7. The Morgan fingerprint density at radius 1 is 1.15 bits per heavy atom. The topological polar surface area (TPSA) is 65.3 Å². The maximum atomic E-state index is 5.56. The number of hydrogen-bond donors (Lipinski definition) is 0. The number of nitrogens with one attached hydrogen (secondary N) is 1. The standard InChI is InChI=1S/C18H21N5OS2/c1-2-25-18-15-14(20-22-21-18)13-11-5-3-4-6-12(11)16(19-17(13)26-15)23-7-9-24-10-8-23/h2-10H2,1H3/p+1. The summed E-state index contributed by atoms with van der Waals surface area (Å²) in [5.41, 5.74) is 3.98. The molecule has 26 heavy (non-hydrogen) atoms. The zero-order valence-corrected chi connectivity index (χ0v) is 16.5. The van der Waals surface area contributed by atoms with Crippen molar-refractivity contribution in [2.75, 3.05) is 37.0 Å². The molecule has 3 aromatic rings. The van der Waals surface area contributed by atoms with Gasteiger partial charge >= 0.3 is 0 Å². The summed E-state index contributed by atoms with van der Waals surface area (Å²) >= 11 is 3.53. The fourth-order valence-electron chi connectivity index (χ4n) is 4.10. The van der Waals surface area contributed by atoms with Gasteiger partial charge in [-0.05, 0) is 42.2 Å². The maximum Gasteiger partial charge on any atom is 0.279 e. The van der Waals surface area contributed by atoms with Gasteiger partial charge in [-0.1, -0.05) is 18.3 Å². The second kappa shape index (κ2) is 6.90. The molecule has 0 spiro atoms. The van der Waals surface area contributed by atoms with Crippen LogP contribution in [0.25, 0.3) is 20.4 Å². The first-order valence-electron chi connectivity index (χ1n) is 9.35. The summed E-state index contributed by atoms with van der Waals surface area (Å²) in [6.45, 7) is 5.67. The number of thiophene rings is 1. The molecule has 1 N–H and O–H groups in total. The summed E-state index contributed by atoms with van der Waals surface area (Å²) < 4.78 is 6.73. The largest absolute Gasteiger partial charge is 0.373 e. The van der Waals surface area contributed by atoms with Crippen LogP contribution in [-0.2, 0) is 17.6 Å². The Kier molecular flexibility index (Phi) is 4.42. The number of pyridine rings is 1. The molecule has 1 aliphatic carbocycles. The zero-order chi connectivity index (χ0) is 17.5. The Bertz CT molecular complexity index is 967. The predicted octanol–water partition coefficient (Wildman–Crippen LogP) is 2.88. The third kappa shape index (κ3) is 2.66. The molecule has 0 atom stereocenters. The van der Waals surface area contributed by atoms with Crippen molar-refractivity contribution in [1.29, 1.82) is 0 Å². The fourth-order valence-corrected chi connectivity index (χ4v) is 6.04. The minimum atomic E-state index is 0.805. The second-order valence-corrected chi connectivity index (χ2v) is 9.02. The SMILES string of the molecule is CCSc1nnnc2c1sc1[nH+]c(N3CCOCC3)c3c(c12)CCCC3. The van der Waals surface area contributed by atoms with E-state index >= 15 is 0 Å². The summed E-state index contributed by atoms with van der Waals surface area (Å²) in [6, 6.07) is 0. The molecule has 1 aliphatic heterocycles. The lowest BCUT2D eigenvalue weighted by Crippen LogP contribution is -2.40. The van der Waals surface area contributed by atoms with Crippen molar-refractivity contribution in [3.63, 3.8) is 0 Å². The molecule has 4 heterocycles. The molecule has 0 bridgehead atoms. The summed E-state index contributed by atoms with van der Waals surface area (Å²) in [4.78, 5) is 7.44. The van der Waals surface area contributed by atoms with Crippen LogP contribution in [-0.4, -0.2) is 47.5 Å². The summed E-state index contributed by atoms with van der Waals surface area (Å²) in [5, 5.41) is 15.1. The van der Waals surface area contributed by atoms with Gasteiger partial charge in [-0.2, -0.15) is 0 Å². The maximum absolute atomic E-state index is 5.56. The van der Waals surface area contributed by atoms with E-state index in [2.05, 4.69) is 32.2 Å². The third-order valence-corrected chi connectivity index (χ3v) is 7.33. The molecule has 136 valence electrons. The molecular weight excluding hydrogens is 366 g/mol. The number of rotatable bonds is 3. The van der Waals surface area contributed by atoms with Crippen molar-refractivity contribution in [3.8, 4) is 0 Å². The first kappa shape index (κ1) is 16.6. The van der Waals surface area contributed by atoms with Crippen molar-refractivity contribution in [3.05, 3.63) is 11.1 Å². The van der Waals surface area contributed by atoms with E-state index < -0.39 is 0 Å². The van der Waals surface area contributed by atoms with E-state index in [-0.39, 0.29) is 0 Å². The van der Waals surface area contributed by atoms with Crippen molar-refractivity contribution in [2.45, 2.75) is 37.6 Å². The van der Waals surface area contributed by atoms with Gasteiger partial charge in [-0.15, -0.1) is 22.0 Å². The molecule has 1 saturated heterocycles. The normalized spacial score (nSPS) is 17.8. The third-order valence-electron chi connectivity index (χ3n) is 5.25. The van der Waals surface area contributed by atoms with E-state index in [4.69, 9.17) is 4.74 Å². The lowest BCUT2D eigenvalue weighted by Gasteiger charge is -2.25. The Balaban J connectivity index is 1.77. The molecule has 0 unspecified atom stereocenters. The smallest absolute Gasteiger partial charge is 0.279 e. The first-order valence-corrected chi connectivity index (χ1v) is 11.1. The van der Waals surface area contributed by atoms with Crippen LogP contribution in [0, 0.1) is 0 Å². The van der Waals surface area contributed by atoms with E-state index in [1.54, 1.807) is 23.1 Å². The number of aromatic nitrogens is 4. The summed E-state index contributed by atoms with van der Waals surface area (Å²) in [5.74, 6) is 2.29. The van der Waals surface area contributed by atoms with Gasteiger partial charge in [0.2, 0.25) is 0 Å². The lowest BCUT2D eigenvalue weighted by molar-refractivity contribution is -0.328. The van der Waals surface area contributed by atoms with E-state index in [9.17, 15) is 0 Å². The van der Waals surface area contributed by atoms with Crippen molar-refractivity contribution < 1.29 is 9.72 Å². The Morgan fingerprint density at radius 2 is 1.96 bits per heavy atom. The van der Waals surface area contributed by atoms with Crippen LogP contribution < -0.4 is 9.88 Å². The number of H-pyrrole nitrogens is 1. The number of nitrogens with zero attached hydrogens (tertiary/aromatic N) is 4. The van der Waals surface area contributed by atoms with Crippen molar-refractivity contribution >= 4 is 49.3 Å². The van der Waals surface area contributed by atoms with Crippen LogP contribution in [0.4, 0.5) is 5.82 Å². The summed E-state index contributed by atoms with van der Waals surface area (Å²) in [7, 11) is 0. The Labute approximate surface area is 160 Å². The highest BCUT2D eigenvalue weighted by Crippen LogP contribution is 2.41. The number of anilines is 1. The van der Waals surface area contributed by atoms with Gasteiger partial charge in [0.15, 0.2) is 4.83 Å². The molecule has 0 amide bonds. The van der Waals surface area contributed by atoms with Gasteiger partial charge in [-0.25, -0.2) is 4.98 Å².